The van der Waals surface area contributed by atoms with E-state index in [1.165, 1.54) is 5.56 Å². The molecule has 1 aliphatic rings. The first-order chi connectivity index (χ1) is 9.81. The second-order valence-electron chi connectivity index (χ2n) is 5.20. The fourth-order valence-corrected chi connectivity index (χ4v) is 2.56. The Bertz CT molecular complexity index is 557. The highest BCUT2D eigenvalue weighted by Crippen LogP contribution is 2.18. The third-order valence-corrected chi connectivity index (χ3v) is 3.52. The highest BCUT2D eigenvalue weighted by molar-refractivity contribution is 5.40. The van der Waals surface area contributed by atoms with E-state index in [0.29, 0.717) is 6.04 Å². The van der Waals surface area contributed by atoms with Crippen molar-refractivity contribution in [2.24, 2.45) is 0 Å². The molecule has 1 fully saturated rings. The lowest BCUT2D eigenvalue weighted by Gasteiger charge is -2.33. The van der Waals surface area contributed by atoms with Gasteiger partial charge in [-0.2, -0.15) is 0 Å². The molecule has 0 bridgehead atoms. The van der Waals surface area contributed by atoms with Crippen LogP contribution < -0.4 is 10.2 Å². The van der Waals surface area contributed by atoms with Crippen LogP contribution in [0, 0.1) is 6.92 Å². The Balaban J connectivity index is 1.66. The number of nitrogens with one attached hydrogen (secondary N) is 1. The van der Waals surface area contributed by atoms with Gasteiger partial charge in [-0.15, -0.1) is 0 Å². The van der Waals surface area contributed by atoms with Crippen molar-refractivity contribution in [2.45, 2.75) is 25.8 Å². The molecule has 2 aromatic heterocycles. The van der Waals surface area contributed by atoms with Crippen LogP contribution in [0.2, 0.25) is 0 Å². The number of hydrogen-bond donors (Lipinski definition) is 1. The van der Waals surface area contributed by atoms with Crippen LogP contribution in [-0.2, 0) is 0 Å². The van der Waals surface area contributed by atoms with Crippen LogP contribution in [0.4, 0.5) is 11.8 Å². The molecule has 0 spiro atoms. The Kier molecular flexibility index (Phi) is 3.76. The maximum absolute atomic E-state index is 4.37. The fourth-order valence-electron chi connectivity index (χ4n) is 2.56. The molecular formula is C15H19N5. The van der Waals surface area contributed by atoms with Crippen LogP contribution in [0.3, 0.4) is 0 Å². The van der Waals surface area contributed by atoms with Gasteiger partial charge in [-0.1, -0.05) is 0 Å². The first-order valence-electron chi connectivity index (χ1n) is 7.02. The van der Waals surface area contributed by atoms with Crippen LogP contribution >= 0.6 is 0 Å². The molecule has 3 heterocycles. The number of rotatable bonds is 3. The highest BCUT2D eigenvalue weighted by Gasteiger charge is 2.21. The summed E-state index contributed by atoms with van der Waals surface area (Å²) in [6, 6.07) is 6.33. The SMILES string of the molecule is Cc1ccnc(NC2CCCN(c3ncccn3)C2)c1. The summed E-state index contributed by atoms with van der Waals surface area (Å²) < 4.78 is 0. The van der Waals surface area contributed by atoms with Gasteiger partial charge in [0.15, 0.2) is 0 Å². The van der Waals surface area contributed by atoms with Crippen LogP contribution in [0.15, 0.2) is 36.8 Å². The maximum atomic E-state index is 4.37. The zero-order chi connectivity index (χ0) is 13.8. The monoisotopic (exact) mass is 269 g/mol. The van der Waals surface area contributed by atoms with Gasteiger partial charge < -0.3 is 10.2 Å². The summed E-state index contributed by atoms with van der Waals surface area (Å²) in [7, 11) is 0. The summed E-state index contributed by atoms with van der Waals surface area (Å²) in [4.78, 5) is 15.3. The molecule has 5 nitrogen and oxygen atoms in total. The first-order valence-corrected chi connectivity index (χ1v) is 7.02. The molecule has 1 aliphatic heterocycles. The largest absolute Gasteiger partial charge is 0.366 e. The maximum Gasteiger partial charge on any atom is 0.225 e. The molecule has 0 aliphatic carbocycles. The van der Waals surface area contributed by atoms with E-state index in [2.05, 4.69) is 38.2 Å². The van der Waals surface area contributed by atoms with Crippen molar-refractivity contribution in [1.29, 1.82) is 0 Å². The smallest absolute Gasteiger partial charge is 0.225 e. The molecule has 0 saturated carbocycles. The summed E-state index contributed by atoms with van der Waals surface area (Å²) in [5.41, 5.74) is 1.22. The van der Waals surface area contributed by atoms with E-state index in [-0.39, 0.29) is 0 Å². The van der Waals surface area contributed by atoms with Crippen molar-refractivity contribution >= 4 is 11.8 Å². The van der Waals surface area contributed by atoms with Gasteiger partial charge in [-0.3, -0.25) is 0 Å². The van der Waals surface area contributed by atoms with E-state index < -0.39 is 0 Å². The molecule has 0 radical (unpaired) electrons. The van der Waals surface area contributed by atoms with E-state index in [1.807, 2.05) is 18.3 Å². The Labute approximate surface area is 119 Å². The van der Waals surface area contributed by atoms with Gasteiger partial charge in [-0.05, 0) is 43.5 Å². The van der Waals surface area contributed by atoms with Crippen molar-refractivity contribution in [2.75, 3.05) is 23.3 Å². The van der Waals surface area contributed by atoms with E-state index in [0.717, 1.165) is 37.7 Å². The van der Waals surface area contributed by atoms with Gasteiger partial charge in [-0.25, -0.2) is 15.0 Å². The topological polar surface area (TPSA) is 53.9 Å². The van der Waals surface area contributed by atoms with Gasteiger partial charge in [0.2, 0.25) is 5.95 Å². The minimum Gasteiger partial charge on any atom is -0.366 e. The Morgan fingerprint density at radius 1 is 1.20 bits per heavy atom. The predicted molar refractivity (Wildman–Crippen MR) is 79.9 cm³/mol. The van der Waals surface area contributed by atoms with E-state index in [4.69, 9.17) is 0 Å². The number of aromatic nitrogens is 3. The molecule has 5 heteroatoms. The second-order valence-corrected chi connectivity index (χ2v) is 5.20. The summed E-state index contributed by atoms with van der Waals surface area (Å²) >= 11 is 0. The zero-order valence-corrected chi connectivity index (χ0v) is 11.7. The number of nitrogens with zero attached hydrogens (tertiary/aromatic N) is 4. The van der Waals surface area contributed by atoms with Crippen molar-refractivity contribution in [3.8, 4) is 0 Å². The molecule has 1 saturated heterocycles. The zero-order valence-electron chi connectivity index (χ0n) is 11.7. The minimum atomic E-state index is 0.391. The molecule has 1 N–H and O–H groups in total. The Morgan fingerprint density at radius 2 is 2.05 bits per heavy atom. The minimum absolute atomic E-state index is 0.391. The standard InChI is InChI=1S/C15H19N5/c1-12-5-8-16-14(10-12)19-13-4-2-9-20(11-13)15-17-6-3-7-18-15/h3,5-8,10,13H,2,4,9,11H2,1H3,(H,16,19). The van der Waals surface area contributed by atoms with E-state index in [9.17, 15) is 0 Å². The van der Waals surface area contributed by atoms with Gasteiger partial charge >= 0.3 is 0 Å². The van der Waals surface area contributed by atoms with Crippen molar-refractivity contribution in [1.82, 2.24) is 15.0 Å². The lowest BCUT2D eigenvalue weighted by atomic mass is 10.1. The third kappa shape index (κ3) is 3.04. The van der Waals surface area contributed by atoms with Crippen molar-refractivity contribution in [3.05, 3.63) is 42.4 Å². The molecule has 0 amide bonds. The molecule has 104 valence electrons. The van der Waals surface area contributed by atoms with E-state index >= 15 is 0 Å². The third-order valence-electron chi connectivity index (χ3n) is 3.52. The highest BCUT2D eigenvalue weighted by atomic mass is 15.3. The summed E-state index contributed by atoms with van der Waals surface area (Å²) in [6.07, 6.45) is 7.72. The van der Waals surface area contributed by atoms with Gasteiger partial charge in [0, 0.05) is 37.7 Å². The molecule has 20 heavy (non-hydrogen) atoms. The van der Waals surface area contributed by atoms with Gasteiger partial charge in [0.25, 0.3) is 0 Å². The van der Waals surface area contributed by atoms with Crippen LogP contribution in [0.25, 0.3) is 0 Å². The van der Waals surface area contributed by atoms with E-state index in [1.54, 1.807) is 12.4 Å². The van der Waals surface area contributed by atoms with Gasteiger partial charge in [0.05, 0.1) is 0 Å². The number of pyridine rings is 1. The lowest BCUT2D eigenvalue weighted by molar-refractivity contribution is 0.521. The van der Waals surface area contributed by atoms with Crippen LogP contribution in [0.1, 0.15) is 18.4 Å². The Hall–Kier alpha value is -2.17. The Morgan fingerprint density at radius 3 is 2.85 bits per heavy atom. The average Bonchev–Trinajstić information content (AvgIpc) is 2.48. The number of aryl methyl sites for hydroxylation is 1. The number of piperidine rings is 1. The molecule has 0 aromatic carbocycles. The van der Waals surface area contributed by atoms with Crippen LogP contribution in [-0.4, -0.2) is 34.1 Å². The number of hydrogen-bond acceptors (Lipinski definition) is 5. The van der Waals surface area contributed by atoms with Gasteiger partial charge in [0.1, 0.15) is 5.82 Å². The molecule has 3 rings (SSSR count). The second kappa shape index (κ2) is 5.86. The first kappa shape index (κ1) is 12.8. The lowest BCUT2D eigenvalue weighted by Crippen LogP contribution is -2.43. The normalized spacial score (nSPS) is 18.9. The van der Waals surface area contributed by atoms with Crippen molar-refractivity contribution < 1.29 is 0 Å². The summed E-state index contributed by atoms with van der Waals surface area (Å²) in [5.74, 6) is 1.77. The molecule has 1 unspecified atom stereocenters. The molecule has 2 aromatic rings. The molecule has 1 atom stereocenters. The summed E-state index contributed by atoms with van der Waals surface area (Å²) in [5, 5.41) is 3.51. The van der Waals surface area contributed by atoms with Crippen LogP contribution in [0.5, 0.6) is 0 Å². The predicted octanol–water partition coefficient (Wildman–Crippen LogP) is 2.26. The quantitative estimate of drug-likeness (QED) is 0.926. The summed E-state index contributed by atoms with van der Waals surface area (Å²) in [6.45, 7) is 4.01. The fraction of sp³-hybridized carbons (Fsp3) is 0.400. The molecular weight excluding hydrogens is 250 g/mol. The number of anilines is 2. The average molecular weight is 269 g/mol. The van der Waals surface area contributed by atoms with Crippen molar-refractivity contribution in [3.63, 3.8) is 0 Å².